The van der Waals surface area contributed by atoms with Gasteiger partial charge in [-0.25, -0.2) is 0 Å². The van der Waals surface area contributed by atoms with E-state index in [1.54, 1.807) is 0 Å². The molecule has 0 amide bonds. The summed E-state index contributed by atoms with van der Waals surface area (Å²) in [7, 11) is 0. The van der Waals surface area contributed by atoms with Gasteiger partial charge < -0.3 is 10.4 Å². The van der Waals surface area contributed by atoms with E-state index in [0.717, 1.165) is 29.5 Å². The molecule has 2 N–H and O–H groups in total. The number of halogens is 1. The molecule has 1 aromatic rings. The van der Waals surface area contributed by atoms with Gasteiger partial charge in [-0.15, -0.1) is 0 Å². The van der Waals surface area contributed by atoms with Crippen molar-refractivity contribution in [2.45, 2.75) is 51.0 Å². The largest absolute Gasteiger partial charge is 0.394 e. The molecule has 0 saturated heterocycles. The van der Waals surface area contributed by atoms with Gasteiger partial charge in [0.05, 0.1) is 22.9 Å². The minimum Gasteiger partial charge on any atom is -0.394 e. The van der Waals surface area contributed by atoms with Crippen molar-refractivity contribution in [2.75, 3.05) is 11.9 Å². The maximum atomic E-state index is 9.80. The van der Waals surface area contributed by atoms with E-state index >= 15 is 0 Å². The lowest BCUT2D eigenvalue weighted by Gasteiger charge is -2.40. The fourth-order valence-electron chi connectivity index (χ4n) is 3.10. The molecule has 1 aromatic carbocycles. The average molecular weight is 282 g/mol. The summed E-state index contributed by atoms with van der Waals surface area (Å²) in [6.07, 6.45) is 7.03. The first kappa shape index (κ1) is 14.7. The molecule has 0 aromatic heterocycles. The van der Waals surface area contributed by atoms with Crippen LogP contribution in [0.25, 0.3) is 0 Å². The highest BCUT2D eigenvalue weighted by molar-refractivity contribution is 6.33. The van der Waals surface area contributed by atoms with Gasteiger partial charge in [-0.05, 0) is 43.7 Å². The highest BCUT2D eigenvalue weighted by atomic mass is 35.5. The van der Waals surface area contributed by atoms with Crippen LogP contribution in [0.2, 0.25) is 5.02 Å². The number of hydrogen-bond donors (Lipinski definition) is 2. The predicted molar refractivity (Wildman–Crippen MR) is 81.8 cm³/mol. The number of anilines is 1. The Labute approximate surface area is 121 Å². The molecule has 2 rings (SSSR count). The summed E-state index contributed by atoms with van der Waals surface area (Å²) < 4.78 is 0. The molecule has 1 aliphatic carbocycles. The van der Waals surface area contributed by atoms with E-state index in [9.17, 15) is 5.11 Å². The molecule has 1 saturated carbocycles. The molecule has 2 nitrogen and oxygen atoms in total. The quantitative estimate of drug-likeness (QED) is 0.834. The van der Waals surface area contributed by atoms with Crippen LogP contribution in [0.1, 0.15) is 45.4 Å². The van der Waals surface area contributed by atoms with Crippen LogP contribution in [0.3, 0.4) is 0 Å². The molecule has 19 heavy (non-hydrogen) atoms. The minimum atomic E-state index is -0.185. The van der Waals surface area contributed by atoms with E-state index in [1.807, 2.05) is 24.3 Å². The van der Waals surface area contributed by atoms with Crippen LogP contribution in [-0.2, 0) is 0 Å². The summed E-state index contributed by atoms with van der Waals surface area (Å²) in [5, 5.41) is 14.0. The zero-order valence-electron chi connectivity index (χ0n) is 11.7. The van der Waals surface area contributed by atoms with E-state index in [-0.39, 0.29) is 12.1 Å². The van der Waals surface area contributed by atoms with Gasteiger partial charge in [-0.2, -0.15) is 0 Å². The lowest BCUT2D eigenvalue weighted by atomic mass is 9.75. The van der Waals surface area contributed by atoms with Crippen LogP contribution in [0, 0.1) is 5.92 Å². The Bertz CT molecular complexity index is 399. The standard InChI is InChI=1S/C16H24ClNO/c1-2-5-13-8-10-16(12-19,11-9-13)18-15-7-4-3-6-14(15)17/h3-4,6-7,13,18-19H,2,5,8-12H2,1H3. The number of hydrogen-bond acceptors (Lipinski definition) is 2. The zero-order valence-corrected chi connectivity index (χ0v) is 12.4. The number of para-hydroxylation sites is 1. The van der Waals surface area contributed by atoms with Crippen LogP contribution in [-0.4, -0.2) is 17.3 Å². The third kappa shape index (κ3) is 3.64. The van der Waals surface area contributed by atoms with Crippen molar-refractivity contribution in [1.82, 2.24) is 0 Å². The lowest BCUT2D eigenvalue weighted by molar-refractivity contribution is 0.148. The molecular formula is C16H24ClNO. The first-order valence-electron chi connectivity index (χ1n) is 7.33. The van der Waals surface area contributed by atoms with E-state index in [0.29, 0.717) is 0 Å². The highest BCUT2D eigenvalue weighted by Gasteiger charge is 2.34. The number of benzene rings is 1. The van der Waals surface area contributed by atoms with Crippen molar-refractivity contribution >= 4 is 17.3 Å². The average Bonchev–Trinajstić information content (AvgIpc) is 2.44. The molecule has 106 valence electrons. The highest BCUT2D eigenvalue weighted by Crippen LogP contribution is 2.37. The van der Waals surface area contributed by atoms with Crippen molar-refractivity contribution in [3.8, 4) is 0 Å². The van der Waals surface area contributed by atoms with Crippen molar-refractivity contribution in [1.29, 1.82) is 0 Å². The van der Waals surface area contributed by atoms with Crippen molar-refractivity contribution in [3.05, 3.63) is 29.3 Å². The predicted octanol–water partition coefficient (Wildman–Crippen LogP) is 4.47. The summed E-state index contributed by atoms with van der Waals surface area (Å²) in [4.78, 5) is 0. The molecule has 0 bridgehead atoms. The second-order valence-corrected chi connectivity index (χ2v) is 6.18. The van der Waals surface area contributed by atoms with Gasteiger partial charge in [-0.3, -0.25) is 0 Å². The summed E-state index contributed by atoms with van der Waals surface area (Å²) in [6, 6.07) is 7.77. The summed E-state index contributed by atoms with van der Waals surface area (Å²) in [6.45, 7) is 2.42. The monoisotopic (exact) mass is 281 g/mol. The van der Waals surface area contributed by atoms with E-state index in [2.05, 4.69) is 12.2 Å². The summed E-state index contributed by atoms with van der Waals surface area (Å²) in [5.74, 6) is 0.831. The Kier molecular flexibility index (Phi) is 5.12. The van der Waals surface area contributed by atoms with Gasteiger partial charge in [0.25, 0.3) is 0 Å². The van der Waals surface area contributed by atoms with Gasteiger partial charge in [0.2, 0.25) is 0 Å². The molecule has 0 radical (unpaired) electrons. The van der Waals surface area contributed by atoms with E-state index in [4.69, 9.17) is 11.6 Å². The summed E-state index contributed by atoms with van der Waals surface area (Å²) in [5.41, 5.74) is 0.752. The Balaban J connectivity index is 2.02. The second-order valence-electron chi connectivity index (χ2n) is 5.78. The topological polar surface area (TPSA) is 32.3 Å². The fraction of sp³-hybridized carbons (Fsp3) is 0.625. The van der Waals surface area contributed by atoms with Crippen molar-refractivity contribution < 1.29 is 5.11 Å². The number of aliphatic hydroxyl groups excluding tert-OH is 1. The molecule has 0 unspecified atom stereocenters. The van der Waals surface area contributed by atoms with Crippen LogP contribution in [0.15, 0.2) is 24.3 Å². The Hall–Kier alpha value is -0.730. The van der Waals surface area contributed by atoms with Gasteiger partial charge in [0, 0.05) is 0 Å². The maximum absolute atomic E-state index is 9.80. The van der Waals surface area contributed by atoms with Crippen LogP contribution in [0.5, 0.6) is 0 Å². The Morgan fingerprint density at radius 3 is 2.58 bits per heavy atom. The molecule has 0 spiro atoms. The second kappa shape index (κ2) is 6.62. The Morgan fingerprint density at radius 1 is 1.32 bits per heavy atom. The van der Waals surface area contributed by atoms with Gasteiger partial charge in [-0.1, -0.05) is 43.5 Å². The molecule has 0 atom stereocenters. The van der Waals surface area contributed by atoms with Crippen LogP contribution in [0.4, 0.5) is 5.69 Å². The molecular weight excluding hydrogens is 258 g/mol. The molecule has 0 aliphatic heterocycles. The van der Waals surface area contributed by atoms with E-state index < -0.39 is 0 Å². The summed E-state index contributed by atoms with van der Waals surface area (Å²) >= 11 is 6.20. The van der Waals surface area contributed by atoms with Gasteiger partial charge in [0.15, 0.2) is 0 Å². The van der Waals surface area contributed by atoms with Crippen LogP contribution < -0.4 is 5.32 Å². The fourth-order valence-corrected chi connectivity index (χ4v) is 3.28. The van der Waals surface area contributed by atoms with Crippen molar-refractivity contribution in [2.24, 2.45) is 5.92 Å². The van der Waals surface area contributed by atoms with Gasteiger partial charge >= 0.3 is 0 Å². The minimum absolute atomic E-state index is 0.178. The normalized spacial score (nSPS) is 27.2. The molecule has 1 aliphatic rings. The first-order valence-corrected chi connectivity index (χ1v) is 7.70. The molecule has 0 heterocycles. The van der Waals surface area contributed by atoms with Gasteiger partial charge in [0.1, 0.15) is 0 Å². The number of rotatable bonds is 5. The number of aliphatic hydroxyl groups is 1. The molecule has 1 fully saturated rings. The van der Waals surface area contributed by atoms with Crippen molar-refractivity contribution in [3.63, 3.8) is 0 Å². The molecule has 3 heteroatoms. The Morgan fingerprint density at radius 2 is 2.00 bits per heavy atom. The first-order chi connectivity index (χ1) is 9.19. The maximum Gasteiger partial charge on any atom is 0.0661 e. The smallest absolute Gasteiger partial charge is 0.0661 e. The SMILES string of the molecule is CCCC1CCC(CO)(Nc2ccccc2Cl)CC1. The third-order valence-electron chi connectivity index (χ3n) is 4.34. The zero-order chi connectivity index (χ0) is 13.7. The lowest BCUT2D eigenvalue weighted by Crippen LogP contribution is -2.45. The number of nitrogens with one attached hydrogen (secondary N) is 1. The third-order valence-corrected chi connectivity index (χ3v) is 4.67. The van der Waals surface area contributed by atoms with Crippen LogP contribution >= 0.6 is 11.6 Å². The van der Waals surface area contributed by atoms with E-state index in [1.165, 1.54) is 25.7 Å².